The smallest absolute Gasteiger partial charge is 0.368 e. The van der Waals surface area contributed by atoms with E-state index in [0.29, 0.717) is 24.2 Å². The van der Waals surface area contributed by atoms with Crippen LogP contribution in [0.2, 0.25) is 0 Å². The van der Waals surface area contributed by atoms with E-state index in [9.17, 15) is 13.2 Å². The van der Waals surface area contributed by atoms with Gasteiger partial charge in [-0.05, 0) is 19.9 Å². The van der Waals surface area contributed by atoms with Crippen LogP contribution in [0.25, 0.3) is 0 Å². The number of aromatic nitrogens is 1. The van der Waals surface area contributed by atoms with Crippen molar-refractivity contribution in [2.45, 2.75) is 37.7 Å². The van der Waals surface area contributed by atoms with Crippen LogP contribution in [0.5, 0.6) is 0 Å². The van der Waals surface area contributed by atoms with Crippen LogP contribution in [0.4, 0.5) is 13.2 Å². The molecular weight excluding hydrogens is 303 g/mol. The number of hydrogen-bond acceptors (Lipinski definition) is 5. The van der Waals surface area contributed by atoms with Crippen LogP contribution in [-0.2, 0) is 17.5 Å². The number of ether oxygens (including phenoxy) is 1. The highest BCUT2D eigenvalue weighted by molar-refractivity contribution is 7.11. The van der Waals surface area contributed by atoms with Gasteiger partial charge < -0.3 is 15.0 Å². The van der Waals surface area contributed by atoms with E-state index in [4.69, 9.17) is 4.74 Å². The minimum absolute atomic E-state index is 0.236. The molecule has 1 saturated carbocycles. The monoisotopic (exact) mass is 321 g/mol. The molecule has 2 heterocycles. The predicted octanol–water partition coefficient (Wildman–Crippen LogP) is 2.42. The van der Waals surface area contributed by atoms with Gasteiger partial charge in [0, 0.05) is 25.7 Å². The highest BCUT2D eigenvalue weighted by Crippen LogP contribution is 2.37. The maximum atomic E-state index is 13.1. The number of nitrogens with zero attached hydrogens (tertiary/aromatic N) is 2. The molecule has 21 heavy (non-hydrogen) atoms. The third-order valence-corrected chi connectivity index (χ3v) is 4.80. The van der Waals surface area contributed by atoms with Gasteiger partial charge in [-0.2, -0.15) is 13.2 Å². The Kier molecular flexibility index (Phi) is 4.22. The summed E-state index contributed by atoms with van der Waals surface area (Å²) in [5.41, 5.74) is -0.757. The Balaban J connectivity index is 1.80. The van der Waals surface area contributed by atoms with Crippen molar-refractivity contribution in [3.8, 4) is 0 Å². The number of rotatable bonds is 4. The van der Waals surface area contributed by atoms with E-state index in [2.05, 4.69) is 10.3 Å². The summed E-state index contributed by atoms with van der Waals surface area (Å²) in [5, 5.41) is 3.56. The summed E-state index contributed by atoms with van der Waals surface area (Å²) in [5.74, 6) is 0. The largest absolute Gasteiger partial charge is 0.434 e. The molecule has 4 nitrogen and oxygen atoms in total. The molecule has 118 valence electrons. The molecule has 1 unspecified atom stereocenters. The van der Waals surface area contributed by atoms with Gasteiger partial charge in [0.15, 0.2) is 5.69 Å². The Labute approximate surface area is 125 Å². The van der Waals surface area contributed by atoms with Crippen molar-refractivity contribution in [3.05, 3.63) is 15.6 Å². The normalized spacial score (nSPS) is 24.5. The van der Waals surface area contributed by atoms with Gasteiger partial charge >= 0.3 is 6.18 Å². The maximum absolute atomic E-state index is 13.1. The van der Waals surface area contributed by atoms with E-state index >= 15 is 0 Å². The van der Waals surface area contributed by atoms with Crippen LogP contribution >= 0.6 is 11.3 Å². The average Bonchev–Trinajstić information content (AvgIpc) is 3.13. The summed E-state index contributed by atoms with van der Waals surface area (Å²) in [7, 11) is 1.93. The standard InChI is InChI=1S/C13H18F3N3OS/c1-19-4-5-20-9(7-19)12-18-11(13(14,15)16)10(21-12)6-17-8-2-3-8/h8-9,17H,2-7H2,1H3. The first-order valence-electron chi connectivity index (χ1n) is 7.04. The minimum Gasteiger partial charge on any atom is -0.368 e. The lowest BCUT2D eigenvalue weighted by Gasteiger charge is -2.28. The first-order valence-corrected chi connectivity index (χ1v) is 7.85. The summed E-state index contributed by atoms with van der Waals surface area (Å²) in [4.78, 5) is 6.15. The number of likely N-dealkylation sites (N-methyl/N-ethyl adjacent to an activating group) is 1. The fraction of sp³-hybridized carbons (Fsp3) is 0.769. The Morgan fingerprint density at radius 1 is 1.43 bits per heavy atom. The van der Waals surface area contributed by atoms with Crippen LogP contribution in [0.3, 0.4) is 0 Å². The van der Waals surface area contributed by atoms with Gasteiger partial charge in [-0.25, -0.2) is 4.98 Å². The Morgan fingerprint density at radius 3 is 2.81 bits per heavy atom. The van der Waals surface area contributed by atoms with Gasteiger partial charge in [0.1, 0.15) is 11.1 Å². The molecule has 1 N–H and O–H groups in total. The van der Waals surface area contributed by atoms with Crippen LogP contribution in [0, 0.1) is 0 Å². The Hall–Kier alpha value is -0.700. The van der Waals surface area contributed by atoms with Crippen LogP contribution in [0.15, 0.2) is 0 Å². The topological polar surface area (TPSA) is 37.4 Å². The molecule has 1 saturated heterocycles. The molecule has 2 aliphatic rings. The molecule has 2 fully saturated rings. The number of nitrogens with one attached hydrogen (secondary N) is 1. The van der Waals surface area contributed by atoms with E-state index < -0.39 is 11.9 Å². The lowest BCUT2D eigenvalue weighted by atomic mass is 10.3. The highest BCUT2D eigenvalue weighted by Gasteiger charge is 2.39. The van der Waals surface area contributed by atoms with Crippen molar-refractivity contribution in [2.75, 3.05) is 26.7 Å². The molecule has 0 radical (unpaired) electrons. The second-order valence-electron chi connectivity index (χ2n) is 5.60. The molecular formula is C13H18F3N3OS. The Morgan fingerprint density at radius 2 is 2.19 bits per heavy atom. The van der Waals surface area contributed by atoms with Crippen molar-refractivity contribution in [1.29, 1.82) is 0 Å². The SMILES string of the molecule is CN1CCOC(c2nc(C(F)(F)F)c(CNC3CC3)s2)C1. The van der Waals surface area contributed by atoms with Crippen LogP contribution in [-0.4, -0.2) is 42.7 Å². The van der Waals surface area contributed by atoms with Crippen molar-refractivity contribution < 1.29 is 17.9 Å². The summed E-state index contributed by atoms with van der Waals surface area (Å²) in [6.45, 7) is 2.14. The zero-order valence-electron chi connectivity index (χ0n) is 11.7. The first kappa shape index (κ1) is 15.2. The summed E-state index contributed by atoms with van der Waals surface area (Å²) in [6.07, 6.45) is -2.67. The quantitative estimate of drug-likeness (QED) is 0.924. The number of morpholine rings is 1. The fourth-order valence-corrected chi connectivity index (χ4v) is 3.38. The van der Waals surface area contributed by atoms with Crippen LogP contribution in [0.1, 0.15) is 34.5 Å². The van der Waals surface area contributed by atoms with Crippen molar-refractivity contribution in [2.24, 2.45) is 0 Å². The molecule has 3 rings (SSSR count). The van der Waals surface area contributed by atoms with Gasteiger partial charge in [-0.3, -0.25) is 0 Å². The van der Waals surface area contributed by atoms with E-state index in [1.807, 2.05) is 11.9 Å². The van der Waals surface area contributed by atoms with E-state index in [0.717, 1.165) is 30.7 Å². The fourth-order valence-electron chi connectivity index (χ4n) is 2.30. The zero-order valence-corrected chi connectivity index (χ0v) is 12.6. The molecule has 0 amide bonds. The van der Waals surface area contributed by atoms with Crippen molar-refractivity contribution in [1.82, 2.24) is 15.2 Å². The molecule has 1 aliphatic carbocycles. The maximum Gasteiger partial charge on any atom is 0.434 e. The molecule has 1 aromatic heterocycles. The van der Waals surface area contributed by atoms with Gasteiger partial charge in [-0.1, -0.05) is 0 Å². The van der Waals surface area contributed by atoms with Gasteiger partial charge in [0.2, 0.25) is 0 Å². The second kappa shape index (κ2) is 5.83. The number of thiazole rings is 1. The van der Waals surface area contributed by atoms with E-state index in [-0.39, 0.29) is 17.5 Å². The Bertz CT molecular complexity index is 501. The molecule has 1 atom stereocenters. The molecule has 0 aromatic carbocycles. The van der Waals surface area contributed by atoms with Gasteiger partial charge in [-0.15, -0.1) is 11.3 Å². The molecule has 0 spiro atoms. The number of alkyl halides is 3. The summed E-state index contributed by atoms with van der Waals surface area (Å²) < 4.78 is 44.9. The lowest BCUT2D eigenvalue weighted by Crippen LogP contribution is -2.35. The molecule has 1 aliphatic heterocycles. The average molecular weight is 321 g/mol. The lowest BCUT2D eigenvalue weighted by molar-refractivity contribution is -0.141. The van der Waals surface area contributed by atoms with Crippen molar-refractivity contribution >= 4 is 11.3 Å². The second-order valence-corrected chi connectivity index (χ2v) is 6.71. The third-order valence-electron chi connectivity index (χ3n) is 3.66. The van der Waals surface area contributed by atoms with E-state index in [1.54, 1.807) is 0 Å². The highest BCUT2D eigenvalue weighted by atomic mass is 32.1. The van der Waals surface area contributed by atoms with Gasteiger partial charge in [0.05, 0.1) is 11.5 Å². The molecule has 8 heteroatoms. The number of halogens is 3. The molecule has 1 aromatic rings. The summed E-state index contributed by atoms with van der Waals surface area (Å²) in [6, 6.07) is 0.369. The third kappa shape index (κ3) is 3.74. The molecule has 0 bridgehead atoms. The predicted molar refractivity (Wildman–Crippen MR) is 73.2 cm³/mol. The minimum atomic E-state index is -4.41. The first-order chi connectivity index (χ1) is 9.93. The summed E-state index contributed by atoms with van der Waals surface area (Å²) >= 11 is 1.12. The van der Waals surface area contributed by atoms with Gasteiger partial charge in [0.25, 0.3) is 0 Å². The van der Waals surface area contributed by atoms with Crippen molar-refractivity contribution in [3.63, 3.8) is 0 Å². The van der Waals surface area contributed by atoms with E-state index in [1.165, 1.54) is 0 Å². The number of hydrogen-bond donors (Lipinski definition) is 1. The zero-order chi connectivity index (χ0) is 15.0. The van der Waals surface area contributed by atoms with Crippen LogP contribution < -0.4 is 5.32 Å².